The monoisotopic (exact) mass is 418 g/mol. The molecule has 0 rings (SSSR count). The molecule has 0 bridgehead atoms. The fourth-order valence-electron chi connectivity index (χ4n) is 2.12. The number of nitrogens with two attached hydrogens (primary N) is 1. The standard InChI is InChI=1S/C16H26N4O9/c1-6(2)12(20-14(26)8(17)4-10(21)22)15(27)18-7(3)13(25)19-9(16(28)29)5-11(23)24/h6-9,12H,4-5,17H2,1-3H3,(H,18,27)(H,19,25)(H,20,26)(H,21,22)(H,23,24)(H,28,29). The molecule has 8 N–H and O–H groups in total. The SMILES string of the molecule is CC(NC(=O)C(NC(=O)C(N)CC(=O)O)C(C)C)C(=O)NC(CC(=O)O)C(=O)O. The summed E-state index contributed by atoms with van der Waals surface area (Å²) in [5.74, 6) is -7.34. The number of hydrogen-bond donors (Lipinski definition) is 7. The molecule has 164 valence electrons. The Kier molecular flexibility index (Phi) is 10.3. The first kappa shape index (κ1) is 25.8. The molecule has 0 saturated heterocycles. The molecule has 0 aliphatic heterocycles. The van der Waals surface area contributed by atoms with Crippen LogP contribution in [0.15, 0.2) is 0 Å². The Morgan fingerprint density at radius 3 is 1.69 bits per heavy atom. The fraction of sp³-hybridized carbons (Fsp3) is 0.625. The molecular formula is C16H26N4O9. The molecule has 4 unspecified atom stereocenters. The van der Waals surface area contributed by atoms with Crippen molar-refractivity contribution >= 4 is 35.6 Å². The molecule has 13 nitrogen and oxygen atoms in total. The van der Waals surface area contributed by atoms with Crippen LogP contribution >= 0.6 is 0 Å². The number of hydrogen-bond acceptors (Lipinski definition) is 7. The number of carbonyl (C=O) groups is 6. The van der Waals surface area contributed by atoms with Crippen LogP contribution in [-0.4, -0.2) is 75.1 Å². The van der Waals surface area contributed by atoms with E-state index >= 15 is 0 Å². The summed E-state index contributed by atoms with van der Waals surface area (Å²) in [4.78, 5) is 68.7. The van der Waals surface area contributed by atoms with Gasteiger partial charge in [0.25, 0.3) is 0 Å². The second kappa shape index (κ2) is 11.6. The quantitative estimate of drug-likeness (QED) is 0.176. The molecule has 0 heterocycles. The molecular weight excluding hydrogens is 392 g/mol. The summed E-state index contributed by atoms with van der Waals surface area (Å²) >= 11 is 0. The molecule has 0 radical (unpaired) electrons. The minimum Gasteiger partial charge on any atom is -0.481 e. The molecule has 13 heteroatoms. The van der Waals surface area contributed by atoms with E-state index in [1.165, 1.54) is 6.92 Å². The van der Waals surface area contributed by atoms with Crippen molar-refractivity contribution in [3.05, 3.63) is 0 Å². The summed E-state index contributed by atoms with van der Waals surface area (Å²) in [6.45, 7) is 4.42. The van der Waals surface area contributed by atoms with Crippen molar-refractivity contribution in [1.29, 1.82) is 0 Å². The maximum atomic E-state index is 12.4. The van der Waals surface area contributed by atoms with E-state index in [9.17, 15) is 28.8 Å². The minimum atomic E-state index is -1.69. The van der Waals surface area contributed by atoms with Crippen LogP contribution in [0.4, 0.5) is 0 Å². The predicted octanol–water partition coefficient (Wildman–Crippen LogP) is -2.52. The fourth-order valence-corrected chi connectivity index (χ4v) is 2.12. The highest BCUT2D eigenvalue weighted by atomic mass is 16.4. The molecule has 0 fully saturated rings. The topological polar surface area (TPSA) is 225 Å². The molecule has 0 aromatic carbocycles. The van der Waals surface area contributed by atoms with Gasteiger partial charge in [0.05, 0.1) is 18.9 Å². The minimum absolute atomic E-state index is 0.454. The summed E-state index contributed by atoms with van der Waals surface area (Å²) in [6, 6.07) is -5.46. The first-order valence-electron chi connectivity index (χ1n) is 8.59. The zero-order chi connectivity index (χ0) is 22.9. The highest BCUT2D eigenvalue weighted by molar-refractivity contribution is 5.95. The molecule has 3 amide bonds. The Bertz CT molecular complexity index is 665. The van der Waals surface area contributed by atoms with Gasteiger partial charge in [-0.25, -0.2) is 4.79 Å². The highest BCUT2D eigenvalue weighted by Crippen LogP contribution is 2.04. The second-order valence-electron chi connectivity index (χ2n) is 6.66. The molecule has 0 aliphatic rings. The Labute approximate surface area is 166 Å². The van der Waals surface area contributed by atoms with Crippen LogP contribution in [0.1, 0.15) is 33.6 Å². The summed E-state index contributed by atoms with van der Waals surface area (Å²) in [6.07, 6.45) is -1.49. The number of rotatable bonds is 12. The van der Waals surface area contributed by atoms with Crippen LogP contribution < -0.4 is 21.7 Å². The zero-order valence-electron chi connectivity index (χ0n) is 16.2. The average Bonchev–Trinajstić information content (AvgIpc) is 2.56. The van der Waals surface area contributed by atoms with Crippen molar-refractivity contribution in [2.75, 3.05) is 0 Å². The lowest BCUT2D eigenvalue weighted by molar-refractivity contribution is -0.147. The molecule has 0 aliphatic carbocycles. The Balaban J connectivity index is 5.02. The van der Waals surface area contributed by atoms with E-state index in [4.69, 9.17) is 21.1 Å². The van der Waals surface area contributed by atoms with Crippen molar-refractivity contribution in [3.63, 3.8) is 0 Å². The van der Waals surface area contributed by atoms with Gasteiger partial charge in [-0.3, -0.25) is 24.0 Å². The molecule has 4 atom stereocenters. The maximum absolute atomic E-state index is 12.4. The van der Waals surface area contributed by atoms with Gasteiger partial charge in [0.1, 0.15) is 18.1 Å². The van der Waals surface area contributed by atoms with Gasteiger partial charge in [-0.15, -0.1) is 0 Å². The molecule has 0 aromatic heterocycles. The molecule has 0 spiro atoms. The predicted molar refractivity (Wildman–Crippen MR) is 96.4 cm³/mol. The van der Waals surface area contributed by atoms with E-state index in [1.54, 1.807) is 13.8 Å². The second-order valence-corrected chi connectivity index (χ2v) is 6.66. The Morgan fingerprint density at radius 2 is 1.28 bits per heavy atom. The van der Waals surface area contributed by atoms with Gasteiger partial charge in [-0.05, 0) is 12.8 Å². The van der Waals surface area contributed by atoms with Crippen LogP contribution in [0, 0.1) is 5.92 Å². The average molecular weight is 418 g/mol. The Morgan fingerprint density at radius 1 is 0.759 bits per heavy atom. The number of amides is 3. The molecule has 0 aromatic rings. The van der Waals surface area contributed by atoms with Gasteiger partial charge in [0.2, 0.25) is 17.7 Å². The van der Waals surface area contributed by atoms with Crippen LogP contribution in [0.5, 0.6) is 0 Å². The van der Waals surface area contributed by atoms with Crippen LogP contribution in [0.25, 0.3) is 0 Å². The summed E-state index contributed by atoms with van der Waals surface area (Å²) in [5, 5.41) is 32.9. The third kappa shape index (κ3) is 9.51. The first-order chi connectivity index (χ1) is 13.3. The van der Waals surface area contributed by atoms with Crippen molar-refractivity contribution in [1.82, 2.24) is 16.0 Å². The van der Waals surface area contributed by atoms with Gasteiger partial charge >= 0.3 is 17.9 Å². The molecule has 29 heavy (non-hydrogen) atoms. The van der Waals surface area contributed by atoms with Crippen LogP contribution in [0.3, 0.4) is 0 Å². The van der Waals surface area contributed by atoms with Gasteiger partial charge < -0.3 is 37.0 Å². The smallest absolute Gasteiger partial charge is 0.326 e. The Hall–Kier alpha value is -3.22. The van der Waals surface area contributed by atoms with Gasteiger partial charge in [-0.2, -0.15) is 0 Å². The lowest BCUT2D eigenvalue weighted by Crippen LogP contribution is -2.58. The number of nitrogens with one attached hydrogen (secondary N) is 3. The summed E-state index contributed by atoms with van der Waals surface area (Å²) in [5.41, 5.74) is 5.45. The van der Waals surface area contributed by atoms with Gasteiger partial charge in [-0.1, -0.05) is 13.8 Å². The number of carbonyl (C=O) groups excluding carboxylic acids is 3. The van der Waals surface area contributed by atoms with E-state index in [0.29, 0.717) is 0 Å². The summed E-state index contributed by atoms with van der Waals surface area (Å²) < 4.78 is 0. The van der Waals surface area contributed by atoms with Gasteiger partial charge in [0, 0.05) is 0 Å². The summed E-state index contributed by atoms with van der Waals surface area (Å²) in [7, 11) is 0. The van der Waals surface area contributed by atoms with Crippen LogP contribution in [-0.2, 0) is 28.8 Å². The van der Waals surface area contributed by atoms with Crippen molar-refractivity contribution in [3.8, 4) is 0 Å². The third-order valence-electron chi connectivity index (χ3n) is 3.72. The zero-order valence-corrected chi connectivity index (χ0v) is 16.2. The number of carboxylic acids is 3. The normalized spacial score (nSPS) is 14.8. The van der Waals surface area contributed by atoms with E-state index < -0.39 is 78.6 Å². The molecule has 0 saturated carbocycles. The lowest BCUT2D eigenvalue weighted by atomic mass is 10.0. The van der Waals surface area contributed by atoms with Gasteiger partial charge in [0.15, 0.2) is 0 Å². The highest BCUT2D eigenvalue weighted by Gasteiger charge is 2.30. The van der Waals surface area contributed by atoms with E-state index in [2.05, 4.69) is 10.6 Å². The van der Waals surface area contributed by atoms with Crippen molar-refractivity contribution in [2.24, 2.45) is 11.7 Å². The van der Waals surface area contributed by atoms with E-state index in [-0.39, 0.29) is 0 Å². The van der Waals surface area contributed by atoms with Crippen molar-refractivity contribution < 1.29 is 44.1 Å². The van der Waals surface area contributed by atoms with E-state index in [1.807, 2.05) is 5.32 Å². The number of carboxylic acid groups (broad SMARTS) is 3. The van der Waals surface area contributed by atoms with E-state index in [0.717, 1.165) is 0 Å². The number of aliphatic carboxylic acids is 3. The lowest BCUT2D eigenvalue weighted by Gasteiger charge is -2.25. The van der Waals surface area contributed by atoms with Crippen molar-refractivity contribution in [2.45, 2.75) is 57.8 Å². The van der Waals surface area contributed by atoms with Crippen LogP contribution in [0.2, 0.25) is 0 Å². The largest absolute Gasteiger partial charge is 0.481 e. The third-order valence-corrected chi connectivity index (χ3v) is 3.72. The first-order valence-corrected chi connectivity index (χ1v) is 8.59. The maximum Gasteiger partial charge on any atom is 0.326 e.